The van der Waals surface area contributed by atoms with Crippen LogP contribution < -0.4 is 10.1 Å². The summed E-state index contributed by atoms with van der Waals surface area (Å²) in [4.78, 5) is 12.4. The molecule has 0 heterocycles. The third kappa shape index (κ3) is 3.74. The second kappa shape index (κ2) is 7.02. The maximum Gasteiger partial charge on any atom is 0.255 e. The minimum atomic E-state index is -3.73. The summed E-state index contributed by atoms with van der Waals surface area (Å²) < 4.78 is 31.0. The summed E-state index contributed by atoms with van der Waals surface area (Å²) in [5.41, 5.74) is 1.89. The molecule has 24 heavy (non-hydrogen) atoms. The van der Waals surface area contributed by atoms with Crippen LogP contribution in [0.2, 0.25) is 0 Å². The van der Waals surface area contributed by atoms with Crippen molar-refractivity contribution in [2.45, 2.75) is 11.8 Å². The van der Waals surface area contributed by atoms with Gasteiger partial charge in [0.25, 0.3) is 5.91 Å². The minimum absolute atomic E-state index is 0.0492. The van der Waals surface area contributed by atoms with E-state index in [4.69, 9.17) is 4.74 Å². The summed E-state index contributed by atoms with van der Waals surface area (Å²) in [5.74, 6) is -0.200. The van der Waals surface area contributed by atoms with Crippen LogP contribution in [0.25, 0.3) is 0 Å². The summed E-state index contributed by atoms with van der Waals surface area (Å²) in [6.45, 7) is 1.92. The number of carbonyl (C=O) groups is 1. The Balaban J connectivity index is 2.40. The summed E-state index contributed by atoms with van der Waals surface area (Å²) in [7, 11) is 0.508. The lowest BCUT2D eigenvalue weighted by Crippen LogP contribution is -2.23. The highest BCUT2D eigenvalue weighted by Gasteiger charge is 2.23. The number of benzene rings is 2. The van der Waals surface area contributed by atoms with Gasteiger partial charge in [-0.15, -0.1) is 0 Å². The van der Waals surface area contributed by atoms with E-state index >= 15 is 0 Å². The molecule has 2 rings (SSSR count). The van der Waals surface area contributed by atoms with Gasteiger partial charge in [0.05, 0.1) is 7.11 Å². The third-order valence-corrected chi connectivity index (χ3v) is 5.30. The van der Waals surface area contributed by atoms with Crippen molar-refractivity contribution >= 4 is 21.6 Å². The summed E-state index contributed by atoms with van der Waals surface area (Å²) in [6, 6.07) is 11.7. The summed E-state index contributed by atoms with van der Waals surface area (Å²) >= 11 is 0. The maximum absolute atomic E-state index is 12.4. The topological polar surface area (TPSA) is 75.7 Å². The number of nitrogens with one attached hydrogen (secondary N) is 1. The van der Waals surface area contributed by atoms with Crippen LogP contribution in [0.4, 0.5) is 5.69 Å². The standard InChI is InChI=1S/C17H20N2O4S/c1-12-6-5-7-14(10-12)18-17(20)13-8-9-15(23-4)16(11-13)24(21,22)19(2)3/h5-11H,1-4H3,(H,18,20). The van der Waals surface area contributed by atoms with Crippen molar-refractivity contribution in [3.8, 4) is 5.75 Å². The summed E-state index contributed by atoms with van der Waals surface area (Å²) in [6.07, 6.45) is 0. The largest absolute Gasteiger partial charge is 0.495 e. The Bertz CT molecular complexity index is 861. The smallest absolute Gasteiger partial charge is 0.255 e. The molecule has 0 radical (unpaired) electrons. The van der Waals surface area contributed by atoms with E-state index in [-0.39, 0.29) is 16.2 Å². The monoisotopic (exact) mass is 348 g/mol. The Labute approximate surface area is 142 Å². The molecule has 1 N–H and O–H groups in total. The molecule has 0 unspecified atom stereocenters. The van der Waals surface area contributed by atoms with Crippen molar-refractivity contribution in [3.05, 3.63) is 53.6 Å². The van der Waals surface area contributed by atoms with Gasteiger partial charge in [-0.1, -0.05) is 12.1 Å². The Morgan fingerprint density at radius 1 is 1.12 bits per heavy atom. The number of ether oxygens (including phenoxy) is 1. The second-order valence-corrected chi connectivity index (χ2v) is 7.60. The summed E-state index contributed by atoms with van der Waals surface area (Å²) in [5, 5.41) is 2.76. The molecular weight excluding hydrogens is 328 g/mol. The lowest BCUT2D eigenvalue weighted by Gasteiger charge is -2.15. The molecule has 1 amide bonds. The molecular formula is C17H20N2O4S. The third-order valence-electron chi connectivity index (χ3n) is 3.46. The number of rotatable bonds is 5. The first-order chi connectivity index (χ1) is 11.3. The van der Waals surface area contributed by atoms with E-state index in [1.54, 1.807) is 6.07 Å². The molecule has 0 fully saturated rings. The zero-order valence-corrected chi connectivity index (χ0v) is 14.8. The molecule has 0 saturated carbocycles. The second-order valence-electron chi connectivity index (χ2n) is 5.48. The predicted molar refractivity (Wildman–Crippen MR) is 93.0 cm³/mol. The van der Waals surface area contributed by atoms with E-state index < -0.39 is 15.9 Å². The molecule has 0 aliphatic heterocycles. The van der Waals surface area contributed by atoms with E-state index in [1.165, 1.54) is 39.4 Å². The van der Waals surface area contributed by atoms with Crippen LogP contribution in [0.1, 0.15) is 15.9 Å². The lowest BCUT2D eigenvalue weighted by molar-refractivity contribution is 0.102. The lowest BCUT2D eigenvalue weighted by atomic mass is 10.2. The van der Waals surface area contributed by atoms with Gasteiger partial charge in [0.2, 0.25) is 10.0 Å². The predicted octanol–water partition coefficient (Wildman–Crippen LogP) is 2.51. The average Bonchev–Trinajstić information content (AvgIpc) is 2.54. The van der Waals surface area contributed by atoms with Gasteiger partial charge in [0.15, 0.2) is 0 Å². The van der Waals surface area contributed by atoms with Crippen LogP contribution in [0, 0.1) is 6.92 Å². The number of aryl methyl sites for hydroxylation is 1. The molecule has 0 saturated heterocycles. The fourth-order valence-corrected chi connectivity index (χ4v) is 3.22. The zero-order valence-electron chi connectivity index (χ0n) is 14.0. The van der Waals surface area contributed by atoms with E-state index in [0.29, 0.717) is 5.69 Å². The van der Waals surface area contributed by atoms with Crippen molar-refractivity contribution in [1.82, 2.24) is 4.31 Å². The number of anilines is 1. The highest BCUT2D eigenvalue weighted by molar-refractivity contribution is 7.89. The zero-order chi connectivity index (χ0) is 17.9. The first-order valence-corrected chi connectivity index (χ1v) is 8.68. The first-order valence-electron chi connectivity index (χ1n) is 7.24. The van der Waals surface area contributed by atoms with Crippen molar-refractivity contribution in [2.75, 3.05) is 26.5 Å². The van der Waals surface area contributed by atoms with E-state index in [0.717, 1.165) is 9.87 Å². The Hall–Kier alpha value is -2.38. The van der Waals surface area contributed by atoms with Crippen LogP contribution in [-0.4, -0.2) is 39.8 Å². The van der Waals surface area contributed by atoms with Crippen molar-refractivity contribution in [1.29, 1.82) is 0 Å². The van der Waals surface area contributed by atoms with Crippen molar-refractivity contribution in [2.24, 2.45) is 0 Å². The number of carbonyl (C=O) groups excluding carboxylic acids is 1. The molecule has 0 aromatic heterocycles. The van der Waals surface area contributed by atoms with Gasteiger partial charge in [-0.2, -0.15) is 0 Å². The van der Waals surface area contributed by atoms with Gasteiger partial charge < -0.3 is 10.1 Å². The van der Waals surface area contributed by atoms with E-state index in [9.17, 15) is 13.2 Å². The normalized spacial score (nSPS) is 11.4. The van der Waals surface area contributed by atoms with Crippen molar-refractivity contribution in [3.63, 3.8) is 0 Å². The van der Waals surface area contributed by atoms with Crippen LogP contribution >= 0.6 is 0 Å². The van der Waals surface area contributed by atoms with E-state index in [1.807, 2.05) is 25.1 Å². The number of hydrogen-bond donors (Lipinski definition) is 1. The maximum atomic E-state index is 12.4. The fraction of sp³-hybridized carbons (Fsp3) is 0.235. The SMILES string of the molecule is COc1ccc(C(=O)Nc2cccc(C)c2)cc1S(=O)(=O)N(C)C. The minimum Gasteiger partial charge on any atom is -0.495 e. The van der Waals surface area contributed by atoms with Crippen LogP contribution in [0.3, 0.4) is 0 Å². The quantitative estimate of drug-likeness (QED) is 0.901. The van der Waals surface area contributed by atoms with Gasteiger partial charge in [0, 0.05) is 25.3 Å². The van der Waals surface area contributed by atoms with Gasteiger partial charge in [-0.25, -0.2) is 12.7 Å². The van der Waals surface area contributed by atoms with Gasteiger partial charge in [-0.05, 0) is 42.8 Å². The van der Waals surface area contributed by atoms with Gasteiger partial charge in [0.1, 0.15) is 10.6 Å². The molecule has 128 valence electrons. The molecule has 0 aliphatic rings. The molecule has 6 nitrogen and oxygen atoms in total. The van der Waals surface area contributed by atoms with Gasteiger partial charge >= 0.3 is 0 Å². The molecule has 0 atom stereocenters. The number of nitrogens with zero attached hydrogens (tertiary/aromatic N) is 1. The molecule has 0 spiro atoms. The number of methoxy groups -OCH3 is 1. The Kier molecular flexibility index (Phi) is 5.26. The first kappa shape index (κ1) is 18.0. The number of sulfonamides is 1. The molecule has 2 aromatic rings. The van der Waals surface area contributed by atoms with Crippen LogP contribution in [0.5, 0.6) is 5.75 Å². The van der Waals surface area contributed by atoms with Gasteiger partial charge in [-0.3, -0.25) is 4.79 Å². The van der Waals surface area contributed by atoms with E-state index in [2.05, 4.69) is 5.32 Å². The fourth-order valence-electron chi connectivity index (χ4n) is 2.14. The molecule has 0 bridgehead atoms. The Morgan fingerprint density at radius 3 is 2.42 bits per heavy atom. The van der Waals surface area contributed by atoms with Crippen LogP contribution in [-0.2, 0) is 10.0 Å². The molecule has 7 heteroatoms. The Morgan fingerprint density at radius 2 is 1.83 bits per heavy atom. The number of amides is 1. The average molecular weight is 348 g/mol. The molecule has 2 aromatic carbocycles. The molecule has 0 aliphatic carbocycles. The number of hydrogen-bond acceptors (Lipinski definition) is 4. The highest BCUT2D eigenvalue weighted by atomic mass is 32.2. The van der Waals surface area contributed by atoms with Crippen molar-refractivity contribution < 1.29 is 17.9 Å². The van der Waals surface area contributed by atoms with Crippen LogP contribution in [0.15, 0.2) is 47.4 Å². The highest BCUT2D eigenvalue weighted by Crippen LogP contribution is 2.27.